The average Bonchev–Trinajstić information content (AvgIpc) is 2.35. The number of hydrogen-bond donors (Lipinski definition) is 0. The first-order valence-corrected chi connectivity index (χ1v) is 8.06. The highest BCUT2D eigenvalue weighted by molar-refractivity contribution is 7.92. The van der Waals surface area contributed by atoms with Gasteiger partial charge in [0.05, 0.1) is 18.2 Å². The van der Waals surface area contributed by atoms with Crippen LogP contribution in [0.3, 0.4) is 0 Å². The molecule has 0 amide bonds. The Kier molecular flexibility index (Phi) is 8.33. The van der Waals surface area contributed by atoms with Crippen molar-refractivity contribution in [3.05, 3.63) is 0 Å². The molecule has 0 fully saturated rings. The fourth-order valence-electron chi connectivity index (χ4n) is 1.64. The molecule has 1 atom stereocenters. The summed E-state index contributed by atoms with van der Waals surface area (Å²) in [5.74, 6) is 1.46. The molecule has 0 heterocycles. The van der Waals surface area contributed by atoms with Crippen LogP contribution in [-0.2, 0) is 9.84 Å². The summed E-state index contributed by atoms with van der Waals surface area (Å²) < 4.78 is 59.3. The first kappa shape index (κ1) is 18.8. The van der Waals surface area contributed by atoms with Gasteiger partial charge in [-0.05, 0) is 12.8 Å². The molecule has 0 aromatic heterocycles. The number of nitrogens with zero attached hydrogens (tertiary/aromatic N) is 1. The molecule has 0 radical (unpaired) electrons. The monoisotopic (exact) mass is 309 g/mol. The maximum Gasteiger partial charge on any atom is 0.390 e. The lowest BCUT2D eigenvalue weighted by Crippen LogP contribution is -2.25. The molecule has 7 heteroatoms. The van der Waals surface area contributed by atoms with E-state index in [1.807, 2.05) is 0 Å². The van der Waals surface area contributed by atoms with E-state index >= 15 is 0 Å². The average molecular weight is 309 g/mol. The maximum absolute atomic E-state index is 12.0. The van der Waals surface area contributed by atoms with Gasteiger partial charge in [0.1, 0.15) is 5.25 Å². The number of halogens is 3. The van der Waals surface area contributed by atoms with Gasteiger partial charge in [-0.15, -0.1) is 12.3 Å². The van der Waals surface area contributed by atoms with E-state index in [1.165, 1.54) is 0 Å². The van der Waals surface area contributed by atoms with Gasteiger partial charge in [-0.2, -0.15) is 18.4 Å². The zero-order valence-corrected chi connectivity index (χ0v) is 11.9. The number of alkyl halides is 3. The standard InChI is InChI=1S/C13H18F3NO2S/c1-2-3-4-5-6-7-8-12(11-17)20(18,19)10-9-13(14,15)16/h1,12H,3-10H2. The lowest BCUT2D eigenvalue weighted by molar-refractivity contribution is -0.129. The molecular formula is C13H18F3NO2S. The van der Waals surface area contributed by atoms with E-state index in [0.717, 1.165) is 12.8 Å². The zero-order chi connectivity index (χ0) is 15.6. The Bertz CT molecular complexity index is 457. The number of unbranched alkanes of at least 4 members (excludes halogenated alkanes) is 4. The predicted octanol–water partition coefficient (Wildman–Crippen LogP) is 3.22. The topological polar surface area (TPSA) is 57.9 Å². The van der Waals surface area contributed by atoms with Crippen LogP contribution < -0.4 is 0 Å². The Morgan fingerprint density at radius 3 is 2.25 bits per heavy atom. The smallest absolute Gasteiger partial charge is 0.227 e. The van der Waals surface area contributed by atoms with Crippen molar-refractivity contribution < 1.29 is 21.6 Å². The van der Waals surface area contributed by atoms with E-state index in [0.29, 0.717) is 19.3 Å². The van der Waals surface area contributed by atoms with Crippen LogP contribution in [0.1, 0.15) is 44.9 Å². The molecular weight excluding hydrogens is 291 g/mol. The predicted molar refractivity (Wildman–Crippen MR) is 70.4 cm³/mol. The molecule has 0 aliphatic rings. The van der Waals surface area contributed by atoms with E-state index in [2.05, 4.69) is 5.92 Å². The highest BCUT2D eigenvalue weighted by Gasteiger charge is 2.33. The first-order valence-electron chi connectivity index (χ1n) is 6.34. The summed E-state index contributed by atoms with van der Waals surface area (Å²) in [6.45, 7) is 0. The van der Waals surface area contributed by atoms with Gasteiger partial charge in [-0.1, -0.05) is 19.3 Å². The van der Waals surface area contributed by atoms with Crippen molar-refractivity contribution in [2.75, 3.05) is 5.75 Å². The van der Waals surface area contributed by atoms with Crippen molar-refractivity contribution in [2.24, 2.45) is 0 Å². The van der Waals surface area contributed by atoms with Gasteiger partial charge in [0, 0.05) is 6.42 Å². The molecule has 0 aromatic carbocycles. The summed E-state index contributed by atoms with van der Waals surface area (Å²) in [6.07, 6.45) is 2.73. The minimum Gasteiger partial charge on any atom is -0.227 e. The zero-order valence-electron chi connectivity index (χ0n) is 11.1. The van der Waals surface area contributed by atoms with Crippen molar-refractivity contribution in [3.63, 3.8) is 0 Å². The largest absolute Gasteiger partial charge is 0.390 e. The molecule has 0 aliphatic carbocycles. The fraction of sp³-hybridized carbons (Fsp3) is 0.769. The molecule has 3 nitrogen and oxygen atoms in total. The minimum atomic E-state index is -4.53. The molecule has 0 aliphatic heterocycles. The second kappa shape index (κ2) is 8.86. The Morgan fingerprint density at radius 1 is 1.15 bits per heavy atom. The Labute approximate surface area is 118 Å². The van der Waals surface area contributed by atoms with Crippen LogP contribution in [0.5, 0.6) is 0 Å². The molecule has 0 N–H and O–H groups in total. The van der Waals surface area contributed by atoms with Crippen molar-refractivity contribution in [1.29, 1.82) is 5.26 Å². The van der Waals surface area contributed by atoms with Gasteiger partial charge >= 0.3 is 6.18 Å². The lowest BCUT2D eigenvalue weighted by atomic mass is 10.1. The van der Waals surface area contributed by atoms with Crippen LogP contribution in [0.4, 0.5) is 13.2 Å². The van der Waals surface area contributed by atoms with Crippen molar-refractivity contribution >= 4 is 9.84 Å². The van der Waals surface area contributed by atoms with Crippen LogP contribution in [0.15, 0.2) is 0 Å². The van der Waals surface area contributed by atoms with Gasteiger partial charge < -0.3 is 0 Å². The molecule has 0 bridgehead atoms. The van der Waals surface area contributed by atoms with Crippen molar-refractivity contribution in [3.8, 4) is 18.4 Å². The van der Waals surface area contributed by atoms with Crippen LogP contribution in [0, 0.1) is 23.7 Å². The molecule has 0 spiro atoms. The molecule has 0 rings (SSSR count). The molecule has 0 aromatic rings. The summed E-state index contributed by atoms with van der Waals surface area (Å²) in [4.78, 5) is 0. The first-order chi connectivity index (χ1) is 9.23. The van der Waals surface area contributed by atoms with E-state index in [1.54, 1.807) is 6.07 Å². The van der Waals surface area contributed by atoms with Gasteiger partial charge in [0.15, 0.2) is 9.84 Å². The van der Waals surface area contributed by atoms with Gasteiger partial charge in [0.25, 0.3) is 0 Å². The Morgan fingerprint density at radius 2 is 1.75 bits per heavy atom. The van der Waals surface area contributed by atoms with Crippen molar-refractivity contribution in [1.82, 2.24) is 0 Å². The van der Waals surface area contributed by atoms with E-state index in [9.17, 15) is 21.6 Å². The lowest BCUT2D eigenvalue weighted by Gasteiger charge is -2.11. The Balaban J connectivity index is 4.18. The third-order valence-electron chi connectivity index (χ3n) is 2.78. The molecule has 20 heavy (non-hydrogen) atoms. The third kappa shape index (κ3) is 8.82. The van der Waals surface area contributed by atoms with Crippen molar-refractivity contribution in [2.45, 2.75) is 56.4 Å². The molecule has 1 unspecified atom stereocenters. The fourth-order valence-corrected chi connectivity index (χ4v) is 3.12. The molecule has 0 saturated heterocycles. The number of rotatable bonds is 9. The van der Waals surface area contributed by atoms with Crippen LogP contribution in [0.25, 0.3) is 0 Å². The maximum atomic E-state index is 12.0. The van der Waals surface area contributed by atoms with Crippen LogP contribution in [-0.4, -0.2) is 25.6 Å². The number of nitriles is 1. The normalized spacial score (nSPS) is 13.4. The number of sulfone groups is 1. The van der Waals surface area contributed by atoms with Crippen LogP contribution in [0.2, 0.25) is 0 Å². The highest BCUT2D eigenvalue weighted by atomic mass is 32.2. The molecule has 0 saturated carbocycles. The second-order valence-electron chi connectivity index (χ2n) is 4.51. The van der Waals surface area contributed by atoms with E-state index in [4.69, 9.17) is 11.7 Å². The number of terminal acetylenes is 1. The summed E-state index contributed by atoms with van der Waals surface area (Å²) in [5, 5.41) is 7.45. The van der Waals surface area contributed by atoms with Gasteiger partial charge in [-0.25, -0.2) is 8.42 Å². The number of hydrogen-bond acceptors (Lipinski definition) is 3. The third-order valence-corrected chi connectivity index (χ3v) is 4.77. The Hall–Kier alpha value is -1.21. The minimum absolute atomic E-state index is 0.0761. The summed E-state index contributed by atoms with van der Waals surface area (Å²) >= 11 is 0. The molecule has 114 valence electrons. The van der Waals surface area contributed by atoms with E-state index < -0.39 is 33.4 Å². The van der Waals surface area contributed by atoms with E-state index in [-0.39, 0.29) is 6.42 Å². The summed E-state index contributed by atoms with van der Waals surface area (Å²) in [6, 6.07) is 1.59. The van der Waals surface area contributed by atoms with Gasteiger partial charge in [0.2, 0.25) is 0 Å². The van der Waals surface area contributed by atoms with Gasteiger partial charge in [-0.3, -0.25) is 0 Å². The summed E-state index contributed by atoms with van der Waals surface area (Å²) in [5.41, 5.74) is 0. The second-order valence-corrected chi connectivity index (χ2v) is 6.81. The quantitative estimate of drug-likeness (QED) is 0.485. The van der Waals surface area contributed by atoms with Crippen LogP contribution >= 0.6 is 0 Å². The highest BCUT2D eigenvalue weighted by Crippen LogP contribution is 2.22. The SMILES string of the molecule is C#CCCCCCCC(C#N)S(=O)(=O)CCC(F)(F)F. The summed E-state index contributed by atoms with van der Waals surface area (Å²) in [7, 11) is -4.02.